The molecule has 0 saturated heterocycles. The van der Waals surface area contributed by atoms with Gasteiger partial charge in [0.05, 0.1) is 0 Å². The van der Waals surface area contributed by atoms with Gasteiger partial charge in [0, 0.05) is 23.7 Å². The van der Waals surface area contributed by atoms with E-state index in [0.717, 1.165) is 28.5 Å². The lowest BCUT2D eigenvalue weighted by molar-refractivity contribution is 0.329. The van der Waals surface area contributed by atoms with Crippen molar-refractivity contribution in [2.75, 3.05) is 6.26 Å². The molecule has 0 radical (unpaired) electrons. The molecule has 2 saturated carbocycles. The van der Waals surface area contributed by atoms with Gasteiger partial charge in [-0.2, -0.15) is 0 Å². The topological polar surface area (TPSA) is 47.8 Å². The molecular weight excluding hydrogens is 270 g/mol. The van der Waals surface area contributed by atoms with Crippen molar-refractivity contribution in [2.24, 2.45) is 11.8 Å². The summed E-state index contributed by atoms with van der Waals surface area (Å²) in [7, 11) is 0. The maximum absolute atomic E-state index is 12.4. The summed E-state index contributed by atoms with van der Waals surface area (Å²) in [6, 6.07) is 3.84. The molecule has 4 nitrogen and oxygen atoms in total. The van der Waals surface area contributed by atoms with Gasteiger partial charge >= 0.3 is 0 Å². The van der Waals surface area contributed by atoms with Gasteiger partial charge in [-0.1, -0.05) is 18.2 Å². The minimum absolute atomic E-state index is 0.0841. The maximum atomic E-state index is 12.4. The van der Waals surface area contributed by atoms with Crippen LogP contribution in [-0.4, -0.2) is 20.8 Å². The highest BCUT2D eigenvalue weighted by molar-refractivity contribution is 7.98. The van der Waals surface area contributed by atoms with Crippen molar-refractivity contribution in [1.29, 1.82) is 0 Å². The Morgan fingerprint density at radius 1 is 1.30 bits per heavy atom. The second kappa shape index (κ2) is 4.58. The van der Waals surface area contributed by atoms with Crippen molar-refractivity contribution in [3.63, 3.8) is 0 Å². The lowest BCUT2D eigenvalue weighted by Gasteiger charge is -2.25. The number of hydrogen-bond acceptors (Lipinski definition) is 4. The number of rotatable bonds is 2. The third-order valence-electron chi connectivity index (χ3n) is 4.86. The minimum atomic E-state index is 0.0841. The Morgan fingerprint density at radius 3 is 2.90 bits per heavy atom. The first kappa shape index (κ1) is 12.4. The molecule has 2 fully saturated rings. The summed E-state index contributed by atoms with van der Waals surface area (Å²) in [5.74, 6) is 1.48. The van der Waals surface area contributed by atoms with Gasteiger partial charge in [-0.3, -0.25) is 9.36 Å². The van der Waals surface area contributed by atoms with Crippen molar-refractivity contribution >= 4 is 22.8 Å². The molecule has 0 spiro atoms. The first-order valence-electron chi connectivity index (χ1n) is 7.18. The third kappa shape index (κ3) is 1.79. The number of aromatic nitrogens is 3. The summed E-state index contributed by atoms with van der Waals surface area (Å²) in [6.07, 6.45) is 8.82. The van der Waals surface area contributed by atoms with E-state index in [9.17, 15) is 4.79 Å². The molecule has 2 aromatic rings. The van der Waals surface area contributed by atoms with Crippen molar-refractivity contribution < 1.29 is 0 Å². The van der Waals surface area contributed by atoms with Crippen LogP contribution in [0.1, 0.15) is 31.7 Å². The van der Waals surface area contributed by atoms with Gasteiger partial charge in [0.25, 0.3) is 5.56 Å². The molecule has 2 aliphatic rings. The van der Waals surface area contributed by atoms with Crippen LogP contribution in [0.3, 0.4) is 0 Å². The lowest BCUT2D eigenvalue weighted by atomic mass is 9.95. The van der Waals surface area contributed by atoms with Gasteiger partial charge in [0.1, 0.15) is 5.65 Å². The number of thioether (sulfide) groups is 1. The molecule has 20 heavy (non-hydrogen) atoms. The van der Waals surface area contributed by atoms with Gasteiger partial charge in [-0.25, -0.2) is 9.97 Å². The number of fused-ring (bicyclic) bond motifs is 3. The summed E-state index contributed by atoms with van der Waals surface area (Å²) in [5, 5.41) is 1.70. The van der Waals surface area contributed by atoms with Crippen LogP contribution in [0.2, 0.25) is 0 Å². The van der Waals surface area contributed by atoms with E-state index in [1.54, 1.807) is 6.07 Å². The Labute approximate surface area is 121 Å². The van der Waals surface area contributed by atoms with E-state index < -0.39 is 0 Å². The van der Waals surface area contributed by atoms with Crippen LogP contribution >= 0.6 is 11.8 Å². The lowest BCUT2D eigenvalue weighted by Crippen LogP contribution is -2.28. The zero-order chi connectivity index (χ0) is 13.7. The Balaban J connectivity index is 1.92. The summed E-state index contributed by atoms with van der Waals surface area (Å²) < 4.78 is 1.94. The van der Waals surface area contributed by atoms with Crippen LogP contribution in [0.25, 0.3) is 11.0 Å². The molecule has 0 N–H and O–H groups in total. The molecule has 5 heteroatoms. The molecule has 4 rings (SSSR count). The van der Waals surface area contributed by atoms with E-state index in [0.29, 0.717) is 12.0 Å². The monoisotopic (exact) mass is 287 g/mol. The van der Waals surface area contributed by atoms with Gasteiger partial charge in [0.15, 0.2) is 5.16 Å². The van der Waals surface area contributed by atoms with Crippen LogP contribution in [0.15, 0.2) is 28.3 Å². The second-order valence-electron chi connectivity index (χ2n) is 5.92. The average Bonchev–Trinajstić information content (AvgIpc) is 3.09. The fourth-order valence-electron chi connectivity index (χ4n) is 3.97. The van der Waals surface area contributed by atoms with E-state index in [4.69, 9.17) is 0 Å². The zero-order valence-corrected chi connectivity index (χ0v) is 12.3. The standard InChI is InChI=1S/C15H17N3OS/c1-20-15-16-8-11-4-5-13(19)18(14(11)17-15)12-7-9-2-3-10(12)6-9/h4-5,8-10,12H,2-3,6-7H2,1H3/t9-,10+,12+/m1/s1. The molecule has 0 unspecified atom stereocenters. The van der Waals surface area contributed by atoms with Gasteiger partial charge in [-0.05, 0) is 43.4 Å². The highest BCUT2D eigenvalue weighted by Crippen LogP contribution is 2.50. The Bertz CT molecular complexity index is 727. The molecule has 104 valence electrons. The van der Waals surface area contributed by atoms with Crippen LogP contribution < -0.4 is 5.56 Å². The third-order valence-corrected chi connectivity index (χ3v) is 5.42. The van der Waals surface area contributed by atoms with Gasteiger partial charge in [0.2, 0.25) is 0 Å². The van der Waals surface area contributed by atoms with Crippen LogP contribution in [-0.2, 0) is 0 Å². The normalized spacial score (nSPS) is 28.4. The fourth-order valence-corrected chi connectivity index (χ4v) is 4.30. The first-order chi connectivity index (χ1) is 9.76. The molecule has 3 atom stereocenters. The first-order valence-corrected chi connectivity index (χ1v) is 8.41. The number of nitrogens with zero attached hydrogens (tertiary/aromatic N) is 3. The average molecular weight is 287 g/mol. The molecular formula is C15H17N3OS. The van der Waals surface area contributed by atoms with Crippen molar-refractivity contribution in [2.45, 2.75) is 36.9 Å². The predicted molar refractivity (Wildman–Crippen MR) is 80.1 cm³/mol. The maximum Gasteiger partial charge on any atom is 0.252 e. The number of pyridine rings is 1. The molecule has 0 aromatic carbocycles. The second-order valence-corrected chi connectivity index (χ2v) is 6.69. The van der Waals surface area contributed by atoms with E-state index in [-0.39, 0.29) is 5.56 Å². The largest absolute Gasteiger partial charge is 0.289 e. The van der Waals surface area contributed by atoms with Gasteiger partial charge in [-0.15, -0.1) is 0 Å². The van der Waals surface area contributed by atoms with Crippen LogP contribution in [0.4, 0.5) is 0 Å². The minimum Gasteiger partial charge on any atom is -0.289 e. The molecule has 0 aliphatic heterocycles. The Kier molecular flexibility index (Phi) is 2.84. The molecule has 2 heterocycles. The molecule has 2 aromatic heterocycles. The smallest absolute Gasteiger partial charge is 0.252 e. The van der Waals surface area contributed by atoms with Crippen LogP contribution in [0, 0.1) is 11.8 Å². The predicted octanol–water partition coefficient (Wildman–Crippen LogP) is 2.87. The summed E-state index contributed by atoms with van der Waals surface area (Å²) >= 11 is 1.52. The summed E-state index contributed by atoms with van der Waals surface area (Å²) in [6.45, 7) is 0. The number of hydrogen-bond donors (Lipinski definition) is 0. The molecule has 0 amide bonds. The van der Waals surface area contributed by atoms with E-state index in [1.165, 1.54) is 31.0 Å². The fraction of sp³-hybridized carbons (Fsp3) is 0.533. The van der Waals surface area contributed by atoms with Crippen molar-refractivity contribution in [3.05, 3.63) is 28.7 Å². The van der Waals surface area contributed by atoms with Crippen LogP contribution in [0.5, 0.6) is 0 Å². The van der Waals surface area contributed by atoms with E-state index in [2.05, 4.69) is 9.97 Å². The van der Waals surface area contributed by atoms with Crippen molar-refractivity contribution in [3.8, 4) is 0 Å². The molecule has 2 aliphatic carbocycles. The summed E-state index contributed by atoms with van der Waals surface area (Å²) in [5.41, 5.74) is 0.898. The van der Waals surface area contributed by atoms with E-state index >= 15 is 0 Å². The summed E-state index contributed by atoms with van der Waals surface area (Å²) in [4.78, 5) is 21.3. The quantitative estimate of drug-likeness (QED) is 0.629. The highest BCUT2D eigenvalue weighted by Gasteiger charge is 2.41. The SMILES string of the molecule is CSc1ncc2ccc(=O)n([C@H]3C[C@@H]4CC[C@H]3C4)c2n1. The highest BCUT2D eigenvalue weighted by atomic mass is 32.2. The van der Waals surface area contributed by atoms with Crippen molar-refractivity contribution in [1.82, 2.24) is 14.5 Å². The molecule has 2 bridgehead atoms. The van der Waals surface area contributed by atoms with E-state index in [1.807, 2.05) is 23.1 Å². The zero-order valence-electron chi connectivity index (χ0n) is 11.5. The van der Waals surface area contributed by atoms with Gasteiger partial charge < -0.3 is 0 Å². The Morgan fingerprint density at radius 2 is 2.20 bits per heavy atom. The Hall–Kier alpha value is -1.36.